The van der Waals surface area contributed by atoms with Gasteiger partial charge in [0, 0.05) is 0 Å². The van der Waals surface area contributed by atoms with E-state index in [0.29, 0.717) is 0 Å². The van der Waals surface area contributed by atoms with Crippen LogP contribution in [0.3, 0.4) is 0 Å². The van der Waals surface area contributed by atoms with Crippen LogP contribution in [-0.2, 0) is 0 Å². The van der Waals surface area contributed by atoms with Gasteiger partial charge in [-0.05, 0) is 6.92 Å². The predicted octanol–water partition coefficient (Wildman–Crippen LogP) is -0.819. The molecule has 9 heavy (non-hydrogen) atoms. The van der Waals surface area contributed by atoms with Crippen molar-refractivity contribution in [1.29, 1.82) is 0 Å². The van der Waals surface area contributed by atoms with Crippen LogP contribution in [0.5, 0.6) is 0 Å². The molecule has 0 radical (unpaired) electrons. The molecule has 0 N–H and O–H groups in total. The zero-order valence-electron chi connectivity index (χ0n) is 6.02. The molecule has 0 bridgehead atoms. The van der Waals surface area contributed by atoms with Gasteiger partial charge >= 0.3 is 18.9 Å². The Labute approximate surface area is 68.5 Å². The van der Waals surface area contributed by atoms with Crippen LogP contribution in [0.25, 0.3) is 0 Å². The van der Waals surface area contributed by atoms with Gasteiger partial charge in [0.25, 0.3) is 0 Å². The summed E-state index contributed by atoms with van der Waals surface area (Å²) in [4.78, 5) is 0. The van der Waals surface area contributed by atoms with Gasteiger partial charge in [-0.15, -0.1) is 12.1 Å². The van der Waals surface area contributed by atoms with E-state index in [1.54, 1.807) is 0 Å². The van der Waals surface area contributed by atoms with E-state index in [-0.39, 0.29) is 18.9 Å². The van der Waals surface area contributed by atoms with Crippen LogP contribution in [0, 0.1) is 13.8 Å². The monoisotopic (exact) mass is 112 g/mol. The first-order chi connectivity index (χ1) is 3.79. The zero-order valence-corrected chi connectivity index (χ0v) is 6.02. The average molecular weight is 112 g/mol. The molecule has 1 aromatic rings. The van der Waals surface area contributed by atoms with Crippen LogP contribution in [-0.4, -0.2) is 0 Å². The Morgan fingerprint density at radius 1 is 1.11 bits per heavy atom. The van der Waals surface area contributed by atoms with E-state index >= 15 is 0 Å². The van der Waals surface area contributed by atoms with Crippen molar-refractivity contribution in [3.8, 4) is 0 Å². The van der Waals surface area contributed by atoms with E-state index in [2.05, 4.69) is 26.0 Å². The molecule has 1 heteroatoms. The van der Waals surface area contributed by atoms with E-state index in [4.69, 9.17) is 0 Å². The summed E-state index contributed by atoms with van der Waals surface area (Å²) in [6, 6.07) is 8.13. The summed E-state index contributed by atoms with van der Waals surface area (Å²) in [6.07, 6.45) is 0. The second-order valence-corrected chi connectivity index (χ2v) is 1.99. The Morgan fingerprint density at radius 2 is 1.56 bits per heavy atom. The van der Waals surface area contributed by atoms with Crippen LogP contribution in [0.4, 0.5) is 0 Å². The Bertz CT molecular complexity index is 143. The Kier molecular flexibility index (Phi) is 3.54. The molecule has 0 saturated heterocycles. The molecule has 0 nitrogen and oxygen atoms in total. The molecule has 1 rings (SSSR count). The van der Waals surface area contributed by atoms with E-state index in [0.717, 1.165) is 5.56 Å². The number of rotatable bonds is 0. The Hall–Kier alpha value is -0.313. The summed E-state index contributed by atoms with van der Waals surface area (Å²) in [5.74, 6) is 0. The van der Waals surface area contributed by atoms with Gasteiger partial charge in [0.1, 0.15) is 0 Å². The fourth-order valence-electron chi connectivity index (χ4n) is 0.588. The molecular formula is C8H9Li. The van der Waals surface area contributed by atoms with E-state index in [1.165, 1.54) is 5.56 Å². The molecule has 0 aliphatic rings. The maximum Gasteiger partial charge on any atom is 1.00 e. The van der Waals surface area contributed by atoms with Gasteiger partial charge in [-0.25, -0.2) is 0 Å². The minimum Gasteiger partial charge on any atom is -0.199 e. The molecule has 0 aromatic heterocycles. The summed E-state index contributed by atoms with van der Waals surface area (Å²) in [7, 11) is 0. The fraction of sp³-hybridized carbons (Fsp3) is 0.125. The minimum absolute atomic E-state index is 0. The maximum absolute atomic E-state index is 3.76. The fourth-order valence-corrected chi connectivity index (χ4v) is 0.588. The summed E-state index contributed by atoms with van der Waals surface area (Å²) in [5.41, 5.74) is 2.37. The van der Waals surface area contributed by atoms with Gasteiger partial charge in [-0.1, -0.05) is 5.56 Å². The first kappa shape index (κ1) is 8.69. The van der Waals surface area contributed by atoms with Crippen molar-refractivity contribution in [2.24, 2.45) is 0 Å². The second-order valence-electron chi connectivity index (χ2n) is 1.99. The SMILES string of the molecule is [CH2-]c1ccc(C)cc1.[Li+]. The van der Waals surface area contributed by atoms with Gasteiger partial charge in [-0.3, -0.25) is 0 Å². The third-order valence-electron chi connectivity index (χ3n) is 1.12. The molecule has 0 saturated carbocycles. The normalized spacial score (nSPS) is 8.11. The van der Waals surface area contributed by atoms with E-state index in [1.807, 2.05) is 12.1 Å². The van der Waals surface area contributed by atoms with Gasteiger partial charge < -0.3 is 0 Å². The van der Waals surface area contributed by atoms with Crippen LogP contribution < -0.4 is 18.9 Å². The van der Waals surface area contributed by atoms with Crippen molar-refractivity contribution < 1.29 is 18.9 Å². The van der Waals surface area contributed by atoms with Crippen molar-refractivity contribution in [1.82, 2.24) is 0 Å². The molecule has 42 valence electrons. The molecule has 0 aliphatic heterocycles. The summed E-state index contributed by atoms with van der Waals surface area (Å²) >= 11 is 0. The molecule has 0 spiro atoms. The van der Waals surface area contributed by atoms with Crippen LogP contribution in [0.2, 0.25) is 0 Å². The molecule has 0 unspecified atom stereocenters. The van der Waals surface area contributed by atoms with Crippen LogP contribution >= 0.6 is 0 Å². The molecule has 1 aromatic carbocycles. The van der Waals surface area contributed by atoms with Gasteiger partial charge in [0.15, 0.2) is 0 Å². The largest absolute Gasteiger partial charge is 1.00 e. The first-order valence-corrected chi connectivity index (χ1v) is 2.67. The smallest absolute Gasteiger partial charge is 0.199 e. The zero-order chi connectivity index (χ0) is 5.98. The van der Waals surface area contributed by atoms with Crippen molar-refractivity contribution in [3.63, 3.8) is 0 Å². The Balaban J connectivity index is 0.000000640. The average Bonchev–Trinajstić information content (AvgIpc) is 1.77. The predicted molar refractivity (Wildman–Crippen MR) is 35.6 cm³/mol. The third kappa shape index (κ3) is 2.65. The summed E-state index contributed by atoms with van der Waals surface area (Å²) < 4.78 is 0. The van der Waals surface area contributed by atoms with Crippen molar-refractivity contribution in [2.45, 2.75) is 6.92 Å². The Morgan fingerprint density at radius 3 is 1.89 bits per heavy atom. The van der Waals surface area contributed by atoms with E-state index in [9.17, 15) is 0 Å². The third-order valence-corrected chi connectivity index (χ3v) is 1.12. The number of aryl methyl sites for hydroxylation is 1. The number of hydrogen-bond acceptors (Lipinski definition) is 0. The summed E-state index contributed by atoms with van der Waals surface area (Å²) in [5, 5.41) is 0. The van der Waals surface area contributed by atoms with Gasteiger partial charge in [0.05, 0.1) is 0 Å². The molecule has 0 heterocycles. The van der Waals surface area contributed by atoms with Crippen LogP contribution in [0.15, 0.2) is 24.3 Å². The van der Waals surface area contributed by atoms with Gasteiger partial charge in [0.2, 0.25) is 0 Å². The minimum atomic E-state index is 0. The molecule has 0 amide bonds. The topological polar surface area (TPSA) is 0 Å². The molecule has 0 atom stereocenters. The first-order valence-electron chi connectivity index (χ1n) is 2.67. The molecular weight excluding hydrogens is 103 g/mol. The van der Waals surface area contributed by atoms with Gasteiger partial charge in [-0.2, -0.15) is 24.6 Å². The van der Waals surface area contributed by atoms with Crippen molar-refractivity contribution in [3.05, 3.63) is 42.3 Å². The van der Waals surface area contributed by atoms with E-state index < -0.39 is 0 Å². The second kappa shape index (κ2) is 3.66. The molecule has 0 fully saturated rings. The number of hydrogen-bond donors (Lipinski definition) is 0. The maximum atomic E-state index is 3.76. The quantitative estimate of drug-likeness (QED) is 0.304. The summed E-state index contributed by atoms with van der Waals surface area (Å²) in [6.45, 7) is 5.83. The number of benzene rings is 1. The standard InChI is InChI=1S/C8H9.Li/c1-7-3-5-8(2)6-4-7;/h3-6H,1H2,2H3;/q-1;+1. The van der Waals surface area contributed by atoms with Crippen molar-refractivity contribution >= 4 is 0 Å². The van der Waals surface area contributed by atoms with Crippen LogP contribution in [0.1, 0.15) is 11.1 Å². The molecule has 0 aliphatic carbocycles. The van der Waals surface area contributed by atoms with Crippen molar-refractivity contribution in [2.75, 3.05) is 0 Å².